The van der Waals surface area contributed by atoms with Crippen molar-refractivity contribution in [3.05, 3.63) is 102 Å². The van der Waals surface area contributed by atoms with E-state index >= 15 is 0 Å². The molecule has 0 bridgehead atoms. The fourth-order valence-electron chi connectivity index (χ4n) is 9.46. The molecule has 2 N–H and O–H groups in total. The number of unbranched alkanes of at least 4 members (excludes halogenated alkanes) is 2. The Kier molecular flexibility index (Phi) is 16.4. The van der Waals surface area contributed by atoms with Crippen LogP contribution in [0.25, 0.3) is 0 Å². The second kappa shape index (κ2) is 22.3. The molecule has 14 heteroatoms. The number of benzene rings is 3. The first kappa shape index (κ1) is 45.6. The number of rotatable bonds is 23. The molecule has 334 valence electrons. The highest BCUT2D eigenvalue weighted by molar-refractivity contribution is 7.99. The van der Waals surface area contributed by atoms with Crippen LogP contribution in [0.4, 0.5) is 4.79 Å². The number of alkyl halides is 1. The molecule has 2 aliphatic carbocycles. The molecule has 62 heavy (non-hydrogen) atoms. The Morgan fingerprint density at radius 3 is 2.56 bits per heavy atom. The molecule has 4 aliphatic rings. The van der Waals surface area contributed by atoms with Crippen LogP contribution < -0.4 is 18.9 Å². The molecule has 0 aromatic heterocycles. The van der Waals surface area contributed by atoms with E-state index in [9.17, 15) is 15.0 Å². The molecule has 2 aliphatic heterocycles. The molecule has 1 saturated carbocycles. The first-order valence-electron chi connectivity index (χ1n) is 21.8. The number of aliphatic hydroxyl groups is 2. The maximum atomic E-state index is 14.6. The van der Waals surface area contributed by atoms with Crippen LogP contribution in [0.5, 0.6) is 23.0 Å². The zero-order valence-corrected chi connectivity index (χ0v) is 37.0. The number of fused-ring (bicyclic) bond motifs is 3. The van der Waals surface area contributed by atoms with Gasteiger partial charge in [0.1, 0.15) is 30.8 Å². The van der Waals surface area contributed by atoms with Crippen molar-refractivity contribution < 1.29 is 48.3 Å². The highest BCUT2D eigenvalue weighted by Gasteiger charge is 2.65. The van der Waals surface area contributed by atoms with Crippen molar-refractivity contribution in [2.24, 2.45) is 22.9 Å². The molecule has 6 unspecified atom stereocenters. The molecule has 12 nitrogen and oxygen atoms in total. The third-order valence-electron chi connectivity index (χ3n) is 12.0. The van der Waals surface area contributed by atoms with Gasteiger partial charge in [-0.1, -0.05) is 54.4 Å². The van der Waals surface area contributed by atoms with Gasteiger partial charge in [-0.25, -0.2) is 4.79 Å². The molecule has 1 amide bonds. The van der Waals surface area contributed by atoms with Crippen molar-refractivity contribution in [2.45, 2.75) is 81.1 Å². The molecular weight excluding hydrogens is 832 g/mol. The van der Waals surface area contributed by atoms with Crippen molar-refractivity contribution in [3.63, 3.8) is 0 Å². The summed E-state index contributed by atoms with van der Waals surface area (Å²) in [6.07, 6.45) is 8.29. The number of halogens is 1. The zero-order chi connectivity index (χ0) is 43.3. The van der Waals surface area contributed by atoms with Crippen LogP contribution in [-0.4, -0.2) is 96.8 Å². The minimum atomic E-state index is -1.46. The summed E-state index contributed by atoms with van der Waals surface area (Å²) in [5.74, 6) is 1.48. The van der Waals surface area contributed by atoms with Crippen LogP contribution in [-0.2, 0) is 20.9 Å². The van der Waals surface area contributed by atoms with Crippen LogP contribution in [0.15, 0.2) is 101 Å². The quantitative estimate of drug-likeness (QED) is 0.0310. The summed E-state index contributed by atoms with van der Waals surface area (Å²) in [5.41, 5.74) is 3.42. The van der Waals surface area contributed by atoms with Crippen molar-refractivity contribution in [2.75, 3.05) is 58.1 Å². The van der Waals surface area contributed by atoms with Gasteiger partial charge in [-0.15, -0.1) is 29.9 Å². The van der Waals surface area contributed by atoms with Gasteiger partial charge in [-0.05, 0) is 98.0 Å². The second-order valence-corrected chi connectivity index (χ2v) is 17.4. The van der Waals surface area contributed by atoms with E-state index in [2.05, 4.69) is 30.9 Å². The predicted octanol–water partition coefficient (Wildman–Crippen LogP) is 9.12. The van der Waals surface area contributed by atoms with Crippen molar-refractivity contribution in [3.8, 4) is 23.0 Å². The molecule has 6 atom stereocenters. The molecule has 0 saturated heterocycles. The largest absolute Gasteiger partial charge is 0.493 e. The average Bonchev–Trinajstić information content (AvgIpc) is 3.77. The molecule has 3 aromatic rings. The van der Waals surface area contributed by atoms with Crippen molar-refractivity contribution in [1.82, 2.24) is 4.90 Å². The minimum absolute atomic E-state index is 0.00113. The van der Waals surface area contributed by atoms with Crippen LogP contribution in [0.1, 0.15) is 68.9 Å². The zero-order valence-electron chi connectivity index (χ0n) is 35.5. The standard InChI is InChI=1S/C48H59ClN2O10S/c1-3-23-59-48-44(51(47(54)56-24-20-49)31-33-16-18-42-43(27-33)58-32-57-42)30-40(50-60-4-2)38-28-34(12-8-10-21-52)37(15-9-11-22-53)45(46(38)48)39-29-35(17-19-41(39)61-48)55-25-26-62-36-13-6-5-7-14-36/h3,5-7,13-14,16-19,27-29,34,37,44-46,52-53H,1,4,8-12,15,20-26,30-32H2,2H3. The van der Waals surface area contributed by atoms with Crippen molar-refractivity contribution in [1.29, 1.82) is 0 Å². The maximum Gasteiger partial charge on any atom is 0.410 e. The molecule has 7 rings (SSSR count). The first-order valence-corrected chi connectivity index (χ1v) is 23.4. The number of hydrogen-bond acceptors (Lipinski definition) is 12. The summed E-state index contributed by atoms with van der Waals surface area (Å²) >= 11 is 7.85. The lowest BCUT2D eigenvalue weighted by Gasteiger charge is -2.59. The number of ether oxygens (including phenoxy) is 6. The van der Waals surface area contributed by atoms with Gasteiger partial charge in [-0.3, -0.25) is 4.90 Å². The summed E-state index contributed by atoms with van der Waals surface area (Å²) in [7, 11) is 0. The van der Waals surface area contributed by atoms with E-state index < -0.39 is 23.8 Å². The Morgan fingerprint density at radius 1 is 1.00 bits per heavy atom. The normalized spacial score (nSPS) is 23.7. The number of allylic oxidation sites excluding steroid dienone is 1. The number of carbonyl (C=O) groups is 1. The summed E-state index contributed by atoms with van der Waals surface area (Å²) in [5, 5.41) is 24.7. The van der Waals surface area contributed by atoms with E-state index in [1.807, 2.05) is 55.5 Å². The fourth-order valence-corrected chi connectivity index (χ4v) is 10.3. The van der Waals surface area contributed by atoms with E-state index in [-0.39, 0.29) is 69.8 Å². The number of amides is 1. The Morgan fingerprint density at radius 2 is 1.79 bits per heavy atom. The third kappa shape index (κ3) is 10.3. The molecule has 2 heterocycles. The molecule has 0 radical (unpaired) electrons. The van der Waals surface area contributed by atoms with E-state index in [1.54, 1.807) is 22.7 Å². The van der Waals surface area contributed by atoms with Gasteiger partial charge >= 0.3 is 6.09 Å². The highest BCUT2D eigenvalue weighted by Crippen LogP contribution is 2.62. The molecule has 0 spiro atoms. The highest BCUT2D eigenvalue weighted by atomic mass is 35.5. The van der Waals surface area contributed by atoms with E-state index in [0.717, 1.165) is 53.9 Å². The average molecular weight is 892 g/mol. The van der Waals surface area contributed by atoms with Crippen LogP contribution in [0, 0.1) is 17.8 Å². The lowest BCUT2D eigenvalue weighted by molar-refractivity contribution is -0.256. The summed E-state index contributed by atoms with van der Waals surface area (Å²) in [6.45, 7) is 7.34. The van der Waals surface area contributed by atoms with Gasteiger partial charge < -0.3 is 43.5 Å². The first-order chi connectivity index (χ1) is 30.4. The monoisotopic (exact) mass is 890 g/mol. The topological polar surface area (TPSA) is 138 Å². The number of nitrogens with zero attached hydrogens (tertiary/aromatic N) is 2. The lowest BCUT2D eigenvalue weighted by Crippen LogP contribution is -2.70. The number of aliphatic hydroxyl groups excluding tert-OH is 2. The van der Waals surface area contributed by atoms with E-state index in [0.29, 0.717) is 49.0 Å². The number of hydrogen-bond donors (Lipinski definition) is 2. The van der Waals surface area contributed by atoms with Gasteiger partial charge in [-0.2, -0.15) is 0 Å². The summed E-state index contributed by atoms with van der Waals surface area (Å²) < 4.78 is 38.1. The van der Waals surface area contributed by atoms with Crippen LogP contribution in [0.3, 0.4) is 0 Å². The van der Waals surface area contributed by atoms with Crippen LogP contribution in [0.2, 0.25) is 0 Å². The van der Waals surface area contributed by atoms with E-state index in [1.165, 1.54) is 4.90 Å². The van der Waals surface area contributed by atoms with Gasteiger partial charge in [0.2, 0.25) is 12.6 Å². The third-order valence-corrected chi connectivity index (χ3v) is 13.1. The Bertz CT molecular complexity index is 2020. The van der Waals surface area contributed by atoms with Gasteiger partial charge in [0.25, 0.3) is 0 Å². The molecule has 1 fully saturated rings. The van der Waals surface area contributed by atoms with Crippen molar-refractivity contribution >= 4 is 35.2 Å². The fraction of sp³-hybridized carbons (Fsp3) is 0.500. The Balaban J connectivity index is 1.38. The SMILES string of the molecule is C=CCOC12Oc3ccc(OCCSc4ccccc4)cc3C3C(CCCCO)C(CCCCO)C=C(C(=NOCC)CC1N(Cc1ccc4c(c1)OCO4)C(=O)OCCCl)C32. The van der Waals surface area contributed by atoms with E-state index in [4.69, 9.17) is 50.0 Å². The smallest absolute Gasteiger partial charge is 0.410 e. The summed E-state index contributed by atoms with van der Waals surface area (Å²) in [6, 6.07) is 21.1. The molecular formula is C48H59ClN2O10S. The minimum Gasteiger partial charge on any atom is -0.493 e. The maximum absolute atomic E-state index is 14.6. The van der Waals surface area contributed by atoms with Crippen LogP contribution >= 0.6 is 23.4 Å². The number of carbonyl (C=O) groups excluding carboxylic acids is 1. The van der Waals surface area contributed by atoms with Gasteiger partial charge in [0, 0.05) is 48.3 Å². The Hall–Kier alpha value is -4.40. The Labute approximate surface area is 374 Å². The predicted molar refractivity (Wildman–Crippen MR) is 239 cm³/mol. The van der Waals surface area contributed by atoms with Gasteiger partial charge in [0.15, 0.2) is 11.5 Å². The number of thioether (sulfide) groups is 1. The molecule has 3 aromatic carbocycles. The number of oxime groups is 1. The summed E-state index contributed by atoms with van der Waals surface area (Å²) in [4.78, 5) is 23.3. The second-order valence-electron chi connectivity index (χ2n) is 15.8. The van der Waals surface area contributed by atoms with Gasteiger partial charge in [0.05, 0.1) is 30.7 Å². The lowest BCUT2D eigenvalue weighted by atomic mass is 9.55.